The summed E-state index contributed by atoms with van der Waals surface area (Å²) in [5.74, 6) is 0.776. The van der Waals surface area contributed by atoms with Crippen LogP contribution >= 0.6 is 0 Å². The minimum atomic E-state index is 0.776. The van der Waals surface area contributed by atoms with Gasteiger partial charge < -0.3 is 5.32 Å². The van der Waals surface area contributed by atoms with Crippen LogP contribution in [0.4, 0.5) is 0 Å². The van der Waals surface area contributed by atoms with Gasteiger partial charge in [-0.15, -0.1) is 0 Å². The molecule has 86 valence electrons. The summed E-state index contributed by atoms with van der Waals surface area (Å²) in [6, 6.07) is 2.10. The van der Waals surface area contributed by atoms with Crippen molar-refractivity contribution in [1.29, 1.82) is 0 Å². The van der Waals surface area contributed by atoms with E-state index in [1.54, 1.807) is 0 Å². The molecule has 3 heteroatoms. The van der Waals surface area contributed by atoms with Crippen molar-refractivity contribution < 1.29 is 0 Å². The van der Waals surface area contributed by atoms with Crippen LogP contribution in [0.1, 0.15) is 39.3 Å². The topological polar surface area (TPSA) is 29.9 Å². The molecule has 0 aromatic carbocycles. The van der Waals surface area contributed by atoms with Gasteiger partial charge in [-0.2, -0.15) is 5.10 Å². The van der Waals surface area contributed by atoms with Crippen molar-refractivity contribution in [2.24, 2.45) is 5.92 Å². The Kier molecular flexibility index (Phi) is 5.40. The molecular formula is C12H23N3. The maximum atomic E-state index is 4.30. The molecule has 0 bridgehead atoms. The number of hydrogen-bond donors (Lipinski definition) is 1. The molecule has 0 spiro atoms. The van der Waals surface area contributed by atoms with Gasteiger partial charge in [0.2, 0.25) is 0 Å². The predicted molar refractivity (Wildman–Crippen MR) is 63.7 cm³/mol. The fourth-order valence-corrected chi connectivity index (χ4v) is 1.53. The third-order valence-electron chi connectivity index (χ3n) is 2.44. The van der Waals surface area contributed by atoms with Crippen LogP contribution in [-0.2, 0) is 13.1 Å². The van der Waals surface area contributed by atoms with Gasteiger partial charge in [-0.1, -0.05) is 20.8 Å². The molecule has 15 heavy (non-hydrogen) atoms. The fraction of sp³-hybridized carbons (Fsp3) is 0.750. The van der Waals surface area contributed by atoms with Crippen molar-refractivity contribution >= 4 is 0 Å². The lowest BCUT2D eigenvalue weighted by atomic mass is 10.1. The summed E-state index contributed by atoms with van der Waals surface area (Å²) in [5.41, 5.74) is 1.29. The Morgan fingerprint density at radius 3 is 2.93 bits per heavy atom. The first-order valence-corrected chi connectivity index (χ1v) is 5.95. The van der Waals surface area contributed by atoms with E-state index in [9.17, 15) is 0 Å². The Morgan fingerprint density at radius 1 is 1.47 bits per heavy atom. The summed E-state index contributed by atoms with van der Waals surface area (Å²) in [6.45, 7) is 9.74. The van der Waals surface area contributed by atoms with E-state index in [1.807, 2.05) is 6.20 Å². The molecule has 0 fully saturated rings. The molecule has 0 aliphatic carbocycles. The first kappa shape index (κ1) is 12.2. The second-order valence-corrected chi connectivity index (χ2v) is 4.40. The summed E-state index contributed by atoms with van der Waals surface area (Å²) in [5, 5.41) is 7.75. The number of nitrogens with zero attached hydrogens (tertiary/aromatic N) is 2. The van der Waals surface area contributed by atoms with Crippen LogP contribution in [0, 0.1) is 5.92 Å². The highest BCUT2D eigenvalue weighted by Crippen LogP contribution is 2.01. The zero-order valence-corrected chi connectivity index (χ0v) is 10.2. The molecule has 1 aromatic rings. The molecule has 0 saturated carbocycles. The van der Waals surface area contributed by atoms with Gasteiger partial charge in [0.25, 0.3) is 0 Å². The first-order valence-electron chi connectivity index (χ1n) is 5.95. The van der Waals surface area contributed by atoms with Gasteiger partial charge in [-0.25, -0.2) is 0 Å². The smallest absolute Gasteiger partial charge is 0.0522 e. The summed E-state index contributed by atoms with van der Waals surface area (Å²) >= 11 is 0. The van der Waals surface area contributed by atoms with Crippen LogP contribution in [0.3, 0.4) is 0 Å². The summed E-state index contributed by atoms with van der Waals surface area (Å²) < 4.78 is 2.09. The minimum absolute atomic E-state index is 0.776. The van der Waals surface area contributed by atoms with Crippen molar-refractivity contribution in [3.05, 3.63) is 18.0 Å². The van der Waals surface area contributed by atoms with Crippen molar-refractivity contribution in [3.63, 3.8) is 0 Å². The normalized spacial score (nSPS) is 11.2. The van der Waals surface area contributed by atoms with Crippen LogP contribution in [-0.4, -0.2) is 16.3 Å². The second kappa shape index (κ2) is 6.62. The van der Waals surface area contributed by atoms with Crippen molar-refractivity contribution in [2.75, 3.05) is 6.54 Å². The van der Waals surface area contributed by atoms with Gasteiger partial charge in [0.15, 0.2) is 0 Å². The van der Waals surface area contributed by atoms with Crippen LogP contribution in [0.5, 0.6) is 0 Å². The zero-order chi connectivity index (χ0) is 11.1. The summed E-state index contributed by atoms with van der Waals surface area (Å²) in [6.07, 6.45) is 4.26. The largest absolute Gasteiger partial charge is 0.311 e. The van der Waals surface area contributed by atoms with Crippen LogP contribution < -0.4 is 5.32 Å². The van der Waals surface area contributed by atoms with E-state index in [-0.39, 0.29) is 0 Å². The Hall–Kier alpha value is -0.830. The van der Waals surface area contributed by atoms with Gasteiger partial charge in [0.1, 0.15) is 0 Å². The highest BCUT2D eigenvalue weighted by Gasteiger charge is 2.00. The van der Waals surface area contributed by atoms with Crippen LogP contribution in [0.15, 0.2) is 12.3 Å². The van der Waals surface area contributed by atoms with Crippen LogP contribution in [0.25, 0.3) is 0 Å². The van der Waals surface area contributed by atoms with Gasteiger partial charge in [0.05, 0.1) is 5.69 Å². The van der Waals surface area contributed by atoms with Crippen molar-refractivity contribution in [3.8, 4) is 0 Å². The van der Waals surface area contributed by atoms with Gasteiger partial charge in [-0.05, 0) is 31.4 Å². The lowest BCUT2D eigenvalue weighted by Crippen LogP contribution is -2.19. The number of aromatic nitrogens is 2. The Morgan fingerprint density at radius 2 is 2.27 bits per heavy atom. The Balaban J connectivity index is 2.27. The van der Waals surface area contributed by atoms with E-state index >= 15 is 0 Å². The van der Waals surface area contributed by atoms with Gasteiger partial charge >= 0.3 is 0 Å². The number of aryl methyl sites for hydroxylation is 1. The van der Waals surface area contributed by atoms with Crippen LogP contribution in [0.2, 0.25) is 0 Å². The SMILES string of the molecule is CCCn1nccc1CNCCC(C)C. The summed E-state index contributed by atoms with van der Waals surface area (Å²) in [7, 11) is 0. The fourth-order valence-electron chi connectivity index (χ4n) is 1.53. The van der Waals surface area contributed by atoms with E-state index < -0.39 is 0 Å². The number of nitrogens with one attached hydrogen (secondary N) is 1. The molecule has 0 amide bonds. The van der Waals surface area contributed by atoms with E-state index in [0.717, 1.165) is 32.0 Å². The van der Waals surface area contributed by atoms with E-state index in [4.69, 9.17) is 0 Å². The Bertz CT molecular complexity index is 266. The molecule has 0 atom stereocenters. The lowest BCUT2D eigenvalue weighted by Gasteiger charge is -2.08. The second-order valence-electron chi connectivity index (χ2n) is 4.40. The van der Waals surface area contributed by atoms with E-state index in [0.29, 0.717) is 0 Å². The standard InChI is InChI=1S/C12H23N3/c1-4-9-15-12(6-8-14-15)10-13-7-5-11(2)3/h6,8,11,13H,4-5,7,9-10H2,1-3H3. The Labute approximate surface area is 92.9 Å². The van der Waals surface area contributed by atoms with Crippen molar-refractivity contribution in [2.45, 2.75) is 46.7 Å². The third kappa shape index (κ3) is 4.47. The quantitative estimate of drug-likeness (QED) is 0.699. The molecule has 0 radical (unpaired) electrons. The van der Waals surface area contributed by atoms with E-state index in [1.165, 1.54) is 12.1 Å². The number of hydrogen-bond acceptors (Lipinski definition) is 2. The third-order valence-corrected chi connectivity index (χ3v) is 2.44. The molecule has 1 aromatic heterocycles. The molecule has 0 saturated heterocycles. The highest BCUT2D eigenvalue weighted by atomic mass is 15.3. The number of rotatable bonds is 7. The lowest BCUT2D eigenvalue weighted by molar-refractivity contribution is 0.512. The molecule has 1 rings (SSSR count). The molecule has 0 aliphatic rings. The molecule has 3 nitrogen and oxygen atoms in total. The molecule has 1 N–H and O–H groups in total. The maximum Gasteiger partial charge on any atom is 0.0522 e. The highest BCUT2D eigenvalue weighted by molar-refractivity contribution is 4.99. The molecule has 0 unspecified atom stereocenters. The maximum absolute atomic E-state index is 4.30. The zero-order valence-electron chi connectivity index (χ0n) is 10.2. The minimum Gasteiger partial charge on any atom is -0.311 e. The predicted octanol–water partition coefficient (Wildman–Crippen LogP) is 2.43. The van der Waals surface area contributed by atoms with Gasteiger partial charge in [0, 0.05) is 19.3 Å². The average Bonchev–Trinajstić information content (AvgIpc) is 2.61. The molecular weight excluding hydrogens is 186 g/mol. The monoisotopic (exact) mass is 209 g/mol. The average molecular weight is 209 g/mol. The van der Waals surface area contributed by atoms with E-state index in [2.05, 4.69) is 41.9 Å². The summed E-state index contributed by atoms with van der Waals surface area (Å²) in [4.78, 5) is 0. The first-order chi connectivity index (χ1) is 7.24. The van der Waals surface area contributed by atoms with Gasteiger partial charge in [-0.3, -0.25) is 4.68 Å². The molecule has 0 aliphatic heterocycles. The van der Waals surface area contributed by atoms with Crippen molar-refractivity contribution in [1.82, 2.24) is 15.1 Å². The molecule has 1 heterocycles.